The van der Waals surface area contributed by atoms with E-state index in [4.69, 9.17) is 10.9 Å². The number of nitrogens with zero attached hydrogens (tertiary/aromatic N) is 2. The number of rotatable bonds is 7. The van der Waals surface area contributed by atoms with Crippen LogP contribution in [0.3, 0.4) is 0 Å². The Kier molecular flexibility index (Phi) is 7.13. The van der Waals surface area contributed by atoms with Crippen LogP contribution in [0.5, 0.6) is 0 Å². The molecular weight excluding hydrogens is 190 g/mol. The van der Waals surface area contributed by atoms with Crippen LogP contribution in [-0.2, 0) is 0 Å². The third kappa shape index (κ3) is 5.62. The van der Waals surface area contributed by atoms with Gasteiger partial charge in [0.1, 0.15) is 5.84 Å². The fourth-order valence-corrected chi connectivity index (χ4v) is 1.62. The van der Waals surface area contributed by atoms with Gasteiger partial charge < -0.3 is 15.8 Å². The van der Waals surface area contributed by atoms with Crippen molar-refractivity contribution in [2.45, 2.75) is 46.6 Å². The van der Waals surface area contributed by atoms with E-state index in [-0.39, 0.29) is 0 Å². The second-order valence-electron chi connectivity index (χ2n) is 4.25. The lowest BCUT2D eigenvalue weighted by Crippen LogP contribution is -2.38. The van der Waals surface area contributed by atoms with Crippen LogP contribution in [0, 0.1) is 5.92 Å². The predicted molar refractivity (Wildman–Crippen MR) is 64.2 cm³/mol. The van der Waals surface area contributed by atoms with Crippen molar-refractivity contribution in [3.05, 3.63) is 0 Å². The van der Waals surface area contributed by atoms with Crippen molar-refractivity contribution in [1.82, 2.24) is 4.90 Å². The number of oxime groups is 1. The lowest BCUT2D eigenvalue weighted by molar-refractivity contribution is 0.191. The highest BCUT2D eigenvalue weighted by atomic mass is 16.4. The highest BCUT2D eigenvalue weighted by Crippen LogP contribution is 2.09. The standard InChI is InChI=1S/C11H25N3O/c1-5-9(3)8-14(6-2)10(4)7-11(12)13-15/h9-10,15H,5-8H2,1-4H3,(H2,12,13). The van der Waals surface area contributed by atoms with Crippen LogP contribution in [0.25, 0.3) is 0 Å². The number of hydrogen-bond donors (Lipinski definition) is 2. The highest BCUT2D eigenvalue weighted by molar-refractivity contribution is 5.80. The molecule has 0 bridgehead atoms. The zero-order chi connectivity index (χ0) is 11.8. The van der Waals surface area contributed by atoms with Gasteiger partial charge in [-0.25, -0.2) is 0 Å². The van der Waals surface area contributed by atoms with Crippen molar-refractivity contribution in [3.8, 4) is 0 Å². The van der Waals surface area contributed by atoms with Crippen LogP contribution in [0.2, 0.25) is 0 Å². The summed E-state index contributed by atoms with van der Waals surface area (Å²) in [5, 5.41) is 11.5. The van der Waals surface area contributed by atoms with Gasteiger partial charge in [0.2, 0.25) is 0 Å². The molecule has 0 fully saturated rings. The largest absolute Gasteiger partial charge is 0.409 e. The van der Waals surface area contributed by atoms with Gasteiger partial charge in [0.25, 0.3) is 0 Å². The fraction of sp³-hybridized carbons (Fsp3) is 0.909. The molecule has 0 rings (SSSR count). The molecule has 0 aromatic heterocycles. The highest BCUT2D eigenvalue weighted by Gasteiger charge is 2.15. The maximum absolute atomic E-state index is 8.51. The van der Waals surface area contributed by atoms with Gasteiger partial charge in [-0.1, -0.05) is 32.3 Å². The summed E-state index contributed by atoms with van der Waals surface area (Å²) in [4.78, 5) is 2.37. The maximum Gasteiger partial charge on any atom is 0.140 e. The SMILES string of the molecule is CCC(C)CN(CC)C(C)CC(N)=NO. The van der Waals surface area contributed by atoms with Gasteiger partial charge in [-0.05, 0) is 19.4 Å². The Bertz CT molecular complexity index is 194. The summed E-state index contributed by atoms with van der Waals surface area (Å²) in [6, 6.07) is 0.333. The molecule has 0 saturated carbocycles. The van der Waals surface area contributed by atoms with E-state index >= 15 is 0 Å². The van der Waals surface area contributed by atoms with E-state index < -0.39 is 0 Å². The quantitative estimate of drug-likeness (QED) is 0.295. The average Bonchev–Trinajstić information content (AvgIpc) is 2.24. The first-order valence-corrected chi connectivity index (χ1v) is 5.75. The summed E-state index contributed by atoms with van der Waals surface area (Å²) in [5.41, 5.74) is 5.50. The molecule has 4 nitrogen and oxygen atoms in total. The van der Waals surface area contributed by atoms with E-state index in [1.807, 2.05) is 0 Å². The molecular formula is C11H25N3O. The Morgan fingerprint density at radius 2 is 2.00 bits per heavy atom. The molecule has 0 saturated heterocycles. The predicted octanol–water partition coefficient (Wildman–Crippen LogP) is 1.88. The molecule has 0 aliphatic heterocycles. The summed E-state index contributed by atoms with van der Waals surface area (Å²) in [7, 11) is 0. The van der Waals surface area contributed by atoms with Crippen molar-refractivity contribution in [2.24, 2.45) is 16.8 Å². The second-order valence-corrected chi connectivity index (χ2v) is 4.25. The molecule has 0 aromatic rings. The van der Waals surface area contributed by atoms with Gasteiger partial charge in [-0.3, -0.25) is 0 Å². The summed E-state index contributed by atoms with van der Waals surface area (Å²) < 4.78 is 0. The molecule has 2 unspecified atom stereocenters. The maximum atomic E-state index is 8.51. The monoisotopic (exact) mass is 215 g/mol. The summed E-state index contributed by atoms with van der Waals surface area (Å²) in [6.45, 7) is 10.8. The topological polar surface area (TPSA) is 61.8 Å². The van der Waals surface area contributed by atoms with Crippen molar-refractivity contribution in [1.29, 1.82) is 0 Å². The Hall–Kier alpha value is -0.770. The van der Waals surface area contributed by atoms with E-state index in [9.17, 15) is 0 Å². The molecule has 0 heterocycles. The lowest BCUT2D eigenvalue weighted by atomic mass is 10.1. The minimum Gasteiger partial charge on any atom is -0.409 e. The molecule has 0 aromatic carbocycles. The van der Waals surface area contributed by atoms with E-state index in [0.717, 1.165) is 13.1 Å². The Morgan fingerprint density at radius 3 is 2.40 bits per heavy atom. The van der Waals surface area contributed by atoms with Gasteiger partial charge in [-0.15, -0.1) is 0 Å². The Morgan fingerprint density at radius 1 is 1.40 bits per heavy atom. The van der Waals surface area contributed by atoms with E-state index in [2.05, 4.69) is 37.8 Å². The van der Waals surface area contributed by atoms with Crippen LogP contribution in [0.1, 0.15) is 40.5 Å². The molecule has 0 aliphatic rings. The number of nitrogens with two attached hydrogens (primary N) is 1. The molecule has 3 N–H and O–H groups in total. The third-order valence-corrected chi connectivity index (χ3v) is 2.91. The second kappa shape index (κ2) is 7.51. The summed E-state index contributed by atoms with van der Waals surface area (Å²) in [5.74, 6) is 1.00. The molecule has 90 valence electrons. The smallest absolute Gasteiger partial charge is 0.140 e. The zero-order valence-electron chi connectivity index (χ0n) is 10.4. The van der Waals surface area contributed by atoms with Crippen molar-refractivity contribution < 1.29 is 5.21 Å². The third-order valence-electron chi connectivity index (χ3n) is 2.91. The van der Waals surface area contributed by atoms with Crippen LogP contribution < -0.4 is 5.73 Å². The Labute approximate surface area is 93.1 Å². The first-order chi connectivity index (χ1) is 7.04. The number of amidine groups is 1. The minimum atomic E-state index is 0.310. The first kappa shape index (κ1) is 14.2. The van der Waals surface area contributed by atoms with Gasteiger partial charge >= 0.3 is 0 Å². The van der Waals surface area contributed by atoms with Gasteiger partial charge in [0.15, 0.2) is 0 Å². The van der Waals surface area contributed by atoms with Gasteiger partial charge in [0, 0.05) is 19.0 Å². The van der Waals surface area contributed by atoms with Crippen LogP contribution in [0.15, 0.2) is 5.16 Å². The van der Waals surface area contributed by atoms with Crippen molar-refractivity contribution in [3.63, 3.8) is 0 Å². The average molecular weight is 215 g/mol. The first-order valence-electron chi connectivity index (χ1n) is 5.75. The fourth-order valence-electron chi connectivity index (χ4n) is 1.62. The van der Waals surface area contributed by atoms with E-state index in [0.29, 0.717) is 24.2 Å². The minimum absolute atomic E-state index is 0.310. The van der Waals surface area contributed by atoms with Crippen LogP contribution in [-0.4, -0.2) is 35.1 Å². The van der Waals surface area contributed by atoms with Gasteiger partial charge in [-0.2, -0.15) is 0 Å². The van der Waals surface area contributed by atoms with Gasteiger partial charge in [0.05, 0.1) is 0 Å². The molecule has 0 aliphatic carbocycles. The molecule has 0 spiro atoms. The zero-order valence-corrected chi connectivity index (χ0v) is 10.4. The number of hydrogen-bond acceptors (Lipinski definition) is 3. The van der Waals surface area contributed by atoms with Crippen LogP contribution >= 0.6 is 0 Å². The molecule has 15 heavy (non-hydrogen) atoms. The molecule has 2 atom stereocenters. The van der Waals surface area contributed by atoms with E-state index in [1.165, 1.54) is 6.42 Å². The normalized spacial score (nSPS) is 16.7. The molecule has 0 radical (unpaired) electrons. The Balaban J connectivity index is 4.15. The van der Waals surface area contributed by atoms with E-state index in [1.54, 1.807) is 0 Å². The lowest BCUT2D eigenvalue weighted by Gasteiger charge is -2.29. The van der Waals surface area contributed by atoms with Crippen molar-refractivity contribution >= 4 is 5.84 Å². The molecule has 4 heteroatoms. The molecule has 0 amide bonds. The summed E-state index contributed by atoms with van der Waals surface area (Å²) in [6.07, 6.45) is 1.81. The van der Waals surface area contributed by atoms with Crippen molar-refractivity contribution in [2.75, 3.05) is 13.1 Å². The van der Waals surface area contributed by atoms with Crippen LogP contribution in [0.4, 0.5) is 0 Å². The summed E-state index contributed by atoms with van der Waals surface area (Å²) >= 11 is 0.